The van der Waals surface area contributed by atoms with E-state index in [4.69, 9.17) is 5.11 Å². The summed E-state index contributed by atoms with van der Waals surface area (Å²) in [6.45, 7) is 0.882. The number of rotatable bonds is 3. The summed E-state index contributed by atoms with van der Waals surface area (Å²) in [5.74, 6) is -0.905. The summed E-state index contributed by atoms with van der Waals surface area (Å²) in [4.78, 5) is 21.0. The number of hydrazine groups is 1. The first kappa shape index (κ1) is 8.00. The van der Waals surface area contributed by atoms with Gasteiger partial charge < -0.3 is 5.11 Å². The first-order chi connectivity index (χ1) is 5.20. The van der Waals surface area contributed by atoms with Crippen LogP contribution < -0.4 is 5.43 Å². The van der Waals surface area contributed by atoms with Crippen molar-refractivity contribution in [2.24, 2.45) is 0 Å². The van der Waals surface area contributed by atoms with Gasteiger partial charge in [-0.3, -0.25) is 14.6 Å². The molecule has 0 radical (unpaired) electrons. The van der Waals surface area contributed by atoms with Gasteiger partial charge in [0.25, 0.3) is 0 Å². The van der Waals surface area contributed by atoms with Crippen LogP contribution in [0.15, 0.2) is 0 Å². The Balaban J connectivity index is 2.26. The van der Waals surface area contributed by atoms with Crippen molar-refractivity contribution in [3.8, 4) is 0 Å². The Hall–Kier alpha value is -1.10. The molecule has 0 bridgehead atoms. The number of nitrogens with one attached hydrogen (secondary N) is 1. The smallest absolute Gasteiger partial charge is 0.305 e. The van der Waals surface area contributed by atoms with E-state index in [-0.39, 0.29) is 18.9 Å². The Labute approximate surface area is 64.0 Å². The summed E-state index contributed by atoms with van der Waals surface area (Å²) < 4.78 is 0. The van der Waals surface area contributed by atoms with Crippen molar-refractivity contribution in [3.63, 3.8) is 0 Å². The minimum absolute atomic E-state index is 0.00125. The number of carboxylic acid groups (broad SMARTS) is 1. The van der Waals surface area contributed by atoms with E-state index in [1.807, 2.05) is 0 Å². The highest BCUT2D eigenvalue weighted by molar-refractivity contribution is 5.78. The number of carbonyl (C=O) groups excluding carboxylic acids is 1. The lowest BCUT2D eigenvalue weighted by Crippen LogP contribution is -2.35. The van der Waals surface area contributed by atoms with Crippen LogP contribution in [-0.4, -0.2) is 35.1 Å². The van der Waals surface area contributed by atoms with Crippen LogP contribution in [0.2, 0.25) is 0 Å². The van der Waals surface area contributed by atoms with E-state index in [0.29, 0.717) is 13.0 Å². The van der Waals surface area contributed by atoms with Gasteiger partial charge in [-0.15, -0.1) is 0 Å². The van der Waals surface area contributed by atoms with Crippen LogP contribution >= 0.6 is 0 Å². The fraction of sp³-hybridized carbons (Fsp3) is 0.667. The molecule has 1 aliphatic rings. The van der Waals surface area contributed by atoms with Gasteiger partial charge in [0.1, 0.15) is 0 Å². The second-order valence-corrected chi connectivity index (χ2v) is 2.35. The molecule has 5 heteroatoms. The van der Waals surface area contributed by atoms with Gasteiger partial charge in [0.15, 0.2) is 0 Å². The standard InChI is InChI=1S/C6H10N2O3/c9-5-1-3-7-8(5)4-2-6(10)11/h7H,1-4H2,(H,10,11). The second kappa shape index (κ2) is 3.34. The maximum Gasteiger partial charge on any atom is 0.305 e. The summed E-state index contributed by atoms with van der Waals surface area (Å²) >= 11 is 0. The number of carboxylic acids is 1. The van der Waals surface area contributed by atoms with E-state index < -0.39 is 5.97 Å². The molecule has 1 aliphatic heterocycles. The SMILES string of the molecule is O=C(O)CCN1NCCC1=O. The van der Waals surface area contributed by atoms with E-state index in [1.165, 1.54) is 5.01 Å². The summed E-state index contributed by atoms with van der Waals surface area (Å²) in [5.41, 5.74) is 2.78. The lowest BCUT2D eigenvalue weighted by molar-refractivity contribution is -0.138. The van der Waals surface area contributed by atoms with Crippen molar-refractivity contribution < 1.29 is 14.7 Å². The largest absolute Gasteiger partial charge is 0.481 e. The summed E-state index contributed by atoms with van der Waals surface area (Å²) in [7, 11) is 0. The molecular formula is C6H10N2O3. The molecule has 1 fully saturated rings. The van der Waals surface area contributed by atoms with Crippen LogP contribution in [-0.2, 0) is 9.59 Å². The average molecular weight is 158 g/mol. The number of amides is 1. The zero-order chi connectivity index (χ0) is 8.27. The van der Waals surface area contributed by atoms with E-state index in [9.17, 15) is 9.59 Å². The first-order valence-corrected chi connectivity index (χ1v) is 3.46. The van der Waals surface area contributed by atoms with E-state index >= 15 is 0 Å². The first-order valence-electron chi connectivity index (χ1n) is 3.46. The quantitative estimate of drug-likeness (QED) is 0.564. The molecule has 11 heavy (non-hydrogen) atoms. The highest BCUT2D eigenvalue weighted by Crippen LogP contribution is 1.99. The van der Waals surface area contributed by atoms with Gasteiger partial charge in [0.2, 0.25) is 5.91 Å². The van der Waals surface area contributed by atoms with Crippen LogP contribution in [0.25, 0.3) is 0 Å². The molecule has 0 aromatic heterocycles. The van der Waals surface area contributed by atoms with Gasteiger partial charge in [-0.1, -0.05) is 0 Å². The molecule has 0 saturated carbocycles. The molecule has 1 amide bonds. The zero-order valence-corrected chi connectivity index (χ0v) is 6.04. The Kier molecular flexibility index (Phi) is 2.43. The maximum atomic E-state index is 10.9. The number of nitrogens with zero attached hydrogens (tertiary/aromatic N) is 1. The molecule has 0 aromatic rings. The molecule has 1 rings (SSSR count). The number of aliphatic carboxylic acids is 1. The van der Waals surface area contributed by atoms with Crippen molar-refractivity contribution >= 4 is 11.9 Å². The number of carbonyl (C=O) groups is 2. The van der Waals surface area contributed by atoms with Crippen molar-refractivity contribution in [1.29, 1.82) is 0 Å². The molecule has 0 aliphatic carbocycles. The van der Waals surface area contributed by atoms with Crippen molar-refractivity contribution in [2.75, 3.05) is 13.1 Å². The molecule has 0 aromatic carbocycles. The molecule has 1 heterocycles. The van der Waals surface area contributed by atoms with Crippen LogP contribution in [0, 0.1) is 0 Å². The molecule has 1 saturated heterocycles. The van der Waals surface area contributed by atoms with Crippen molar-refractivity contribution in [1.82, 2.24) is 10.4 Å². The van der Waals surface area contributed by atoms with Gasteiger partial charge in [-0.05, 0) is 0 Å². The minimum atomic E-state index is -0.883. The number of hydrogen-bond acceptors (Lipinski definition) is 3. The zero-order valence-electron chi connectivity index (χ0n) is 6.04. The van der Waals surface area contributed by atoms with Crippen LogP contribution in [0.1, 0.15) is 12.8 Å². The summed E-state index contributed by atoms with van der Waals surface area (Å²) in [6.07, 6.45) is 0.471. The highest BCUT2D eigenvalue weighted by Gasteiger charge is 2.19. The molecular weight excluding hydrogens is 148 g/mol. The van der Waals surface area contributed by atoms with Crippen LogP contribution in [0.4, 0.5) is 0 Å². The van der Waals surface area contributed by atoms with Gasteiger partial charge in [0.05, 0.1) is 6.42 Å². The third kappa shape index (κ3) is 2.19. The summed E-state index contributed by atoms with van der Waals surface area (Å²) in [5, 5.41) is 9.65. The van der Waals surface area contributed by atoms with E-state index in [2.05, 4.69) is 5.43 Å². The third-order valence-corrected chi connectivity index (χ3v) is 1.49. The Morgan fingerprint density at radius 1 is 1.73 bits per heavy atom. The van der Waals surface area contributed by atoms with E-state index in [0.717, 1.165) is 0 Å². The molecule has 0 atom stereocenters. The molecule has 5 nitrogen and oxygen atoms in total. The lowest BCUT2D eigenvalue weighted by Gasteiger charge is -2.13. The normalized spacial score (nSPS) is 17.5. The maximum absolute atomic E-state index is 10.9. The Morgan fingerprint density at radius 2 is 2.45 bits per heavy atom. The topological polar surface area (TPSA) is 69.6 Å². The molecule has 2 N–H and O–H groups in total. The van der Waals surface area contributed by atoms with E-state index in [1.54, 1.807) is 0 Å². The summed E-state index contributed by atoms with van der Waals surface area (Å²) in [6, 6.07) is 0. The van der Waals surface area contributed by atoms with Gasteiger partial charge in [-0.2, -0.15) is 0 Å². The number of hydrogen-bond donors (Lipinski definition) is 2. The molecule has 0 spiro atoms. The Morgan fingerprint density at radius 3 is 2.91 bits per heavy atom. The fourth-order valence-corrected chi connectivity index (χ4v) is 0.932. The third-order valence-electron chi connectivity index (χ3n) is 1.49. The van der Waals surface area contributed by atoms with Crippen LogP contribution in [0.3, 0.4) is 0 Å². The predicted octanol–water partition coefficient (Wildman–Crippen LogP) is -0.802. The van der Waals surface area contributed by atoms with Crippen molar-refractivity contribution in [3.05, 3.63) is 0 Å². The predicted molar refractivity (Wildman–Crippen MR) is 36.6 cm³/mol. The van der Waals surface area contributed by atoms with Gasteiger partial charge in [-0.25, -0.2) is 5.43 Å². The molecule has 62 valence electrons. The van der Waals surface area contributed by atoms with Crippen LogP contribution in [0.5, 0.6) is 0 Å². The molecule has 0 unspecified atom stereocenters. The van der Waals surface area contributed by atoms with Crippen molar-refractivity contribution in [2.45, 2.75) is 12.8 Å². The highest BCUT2D eigenvalue weighted by atomic mass is 16.4. The monoisotopic (exact) mass is 158 g/mol. The fourth-order valence-electron chi connectivity index (χ4n) is 0.932. The van der Waals surface area contributed by atoms with Gasteiger partial charge in [0, 0.05) is 19.5 Å². The van der Waals surface area contributed by atoms with Gasteiger partial charge >= 0.3 is 5.97 Å². The lowest BCUT2D eigenvalue weighted by atomic mass is 10.4. The minimum Gasteiger partial charge on any atom is -0.481 e. The second-order valence-electron chi connectivity index (χ2n) is 2.35. The average Bonchev–Trinajstić information content (AvgIpc) is 2.31. The Bertz CT molecular complexity index is 181.